The number of carbonyl (C=O) groups is 2. The van der Waals surface area contributed by atoms with Crippen LogP contribution in [0.3, 0.4) is 0 Å². The summed E-state index contributed by atoms with van der Waals surface area (Å²) in [5.41, 5.74) is 0.826. The molecule has 1 fully saturated rings. The normalized spacial score (nSPS) is 21.0. The minimum absolute atomic E-state index is 0.0444. The first-order chi connectivity index (χ1) is 8.00. The second-order valence-electron chi connectivity index (χ2n) is 4.16. The number of halogens is 1. The van der Waals surface area contributed by atoms with Gasteiger partial charge in [0.2, 0.25) is 11.8 Å². The summed E-state index contributed by atoms with van der Waals surface area (Å²) in [6.45, 7) is 0.153. The van der Waals surface area contributed by atoms with Gasteiger partial charge in [0.15, 0.2) is 0 Å². The van der Waals surface area contributed by atoms with Gasteiger partial charge in [-0.2, -0.15) is 0 Å². The summed E-state index contributed by atoms with van der Waals surface area (Å²) in [5, 5.41) is 0. The molecular formula is C12H13BrN2O2. The molecule has 2 amide bonds. The van der Waals surface area contributed by atoms with Gasteiger partial charge in [-0.1, -0.05) is 28.1 Å². The molecule has 0 radical (unpaired) electrons. The quantitative estimate of drug-likeness (QED) is 0.786. The van der Waals surface area contributed by atoms with Crippen molar-refractivity contribution >= 4 is 27.7 Å². The van der Waals surface area contributed by atoms with Crippen LogP contribution in [0.5, 0.6) is 0 Å². The standard InChI is InChI=1S/C12H13BrN2O2/c1-14-7-10(16)15(2)11(12(14)17)8-4-3-5-9(13)6-8/h3-6,11H,7H2,1-2H3/t11-/m0/s1. The van der Waals surface area contributed by atoms with Crippen molar-refractivity contribution < 1.29 is 9.59 Å². The van der Waals surface area contributed by atoms with Crippen molar-refractivity contribution in [1.82, 2.24) is 9.80 Å². The van der Waals surface area contributed by atoms with Gasteiger partial charge in [-0.05, 0) is 17.7 Å². The SMILES string of the molecule is CN1CC(=O)N(C)[C@@H](c2cccc(Br)c2)C1=O. The van der Waals surface area contributed by atoms with Crippen LogP contribution >= 0.6 is 15.9 Å². The van der Waals surface area contributed by atoms with Gasteiger partial charge in [0.25, 0.3) is 0 Å². The third-order valence-corrected chi connectivity index (χ3v) is 3.42. The molecule has 1 heterocycles. The van der Waals surface area contributed by atoms with E-state index in [1.807, 2.05) is 24.3 Å². The molecule has 0 unspecified atom stereocenters. The highest BCUT2D eigenvalue weighted by Gasteiger charge is 2.36. The monoisotopic (exact) mass is 296 g/mol. The Kier molecular flexibility index (Phi) is 3.19. The van der Waals surface area contributed by atoms with E-state index in [1.54, 1.807) is 14.1 Å². The molecule has 17 heavy (non-hydrogen) atoms. The van der Waals surface area contributed by atoms with Crippen molar-refractivity contribution in [3.05, 3.63) is 34.3 Å². The summed E-state index contributed by atoms with van der Waals surface area (Å²) in [7, 11) is 3.32. The van der Waals surface area contributed by atoms with Crippen LogP contribution in [-0.2, 0) is 9.59 Å². The van der Waals surface area contributed by atoms with E-state index < -0.39 is 6.04 Å². The highest BCUT2D eigenvalue weighted by molar-refractivity contribution is 9.10. The highest BCUT2D eigenvalue weighted by Crippen LogP contribution is 2.27. The van der Waals surface area contributed by atoms with Gasteiger partial charge in [-0.15, -0.1) is 0 Å². The summed E-state index contributed by atoms with van der Waals surface area (Å²) in [6, 6.07) is 6.96. The molecule has 0 aliphatic carbocycles. The van der Waals surface area contributed by atoms with Crippen molar-refractivity contribution in [2.24, 2.45) is 0 Å². The molecule has 1 aliphatic heterocycles. The van der Waals surface area contributed by atoms with Gasteiger partial charge in [-0.3, -0.25) is 9.59 Å². The molecule has 5 heteroatoms. The molecule has 2 rings (SSSR count). The Balaban J connectivity index is 2.41. The Morgan fingerprint density at radius 1 is 1.29 bits per heavy atom. The van der Waals surface area contributed by atoms with Crippen LogP contribution in [0, 0.1) is 0 Å². The van der Waals surface area contributed by atoms with Crippen LogP contribution < -0.4 is 0 Å². The van der Waals surface area contributed by atoms with Crippen LogP contribution in [0.1, 0.15) is 11.6 Å². The predicted octanol–water partition coefficient (Wildman–Crippen LogP) is 1.42. The van der Waals surface area contributed by atoms with Crippen molar-refractivity contribution in [2.45, 2.75) is 6.04 Å². The fourth-order valence-corrected chi connectivity index (χ4v) is 2.37. The molecule has 0 N–H and O–H groups in total. The van der Waals surface area contributed by atoms with Gasteiger partial charge in [-0.25, -0.2) is 0 Å². The lowest BCUT2D eigenvalue weighted by atomic mass is 10.0. The van der Waals surface area contributed by atoms with Crippen molar-refractivity contribution in [2.75, 3.05) is 20.6 Å². The van der Waals surface area contributed by atoms with Crippen molar-refractivity contribution in [3.63, 3.8) is 0 Å². The zero-order valence-corrected chi connectivity index (χ0v) is 11.3. The second-order valence-corrected chi connectivity index (χ2v) is 5.07. The topological polar surface area (TPSA) is 40.6 Å². The third kappa shape index (κ3) is 2.20. The summed E-state index contributed by atoms with van der Waals surface area (Å²) in [5.74, 6) is -0.0951. The van der Waals surface area contributed by atoms with Crippen LogP contribution in [0.25, 0.3) is 0 Å². The maximum atomic E-state index is 12.1. The van der Waals surface area contributed by atoms with Gasteiger partial charge in [0.1, 0.15) is 6.04 Å². The maximum absolute atomic E-state index is 12.1. The third-order valence-electron chi connectivity index (χ3n) is 2.93. The van der Waals surface area contributed by atoms with E-state index in [0.29, 0.717) is 0 Å². The van der Waals surface area contributed by atoms with Gasteiger partial charge >= 0.3 is 0 Å². The van der Waals surface area contributed by atoms with E-state index in [-0.39, 0.29) is 18.4 Å². The Hall–Kier alpha value is -1.36. The van der Waals surface area contributed by atoms with Crippen LogP contribution in [0.15, 0.2) is 28.7 Å². The van der Waals surface area contributed by atoms with Crippen LogP contribution in [0.2, 0.25) is 0 Å². The molecule has 0 bridgehead atoms. The highest BCUT2D eigenvalue weighted by atomic mass is 79.9. The number of benzene rings is 1. The summed E-state index contributed by atoms with van der Waals surface area (Å²) < 4.78 is 0.900. The Morgan fingerprint density at radius 2 is 2.00 bits per heavy atom. The Labute approximate surface area is 108 Å². The number of likely N-dealkylation sites (N-methyl/N-ethyl adjacent to an activating group) is 2. The smallest absolute Gasteiger partial charge is 0.250 e. The fourth-order valence-electron chi connectivity index (χ4n) is 1.95. The van der Waals surface area contributed by atoms with E-state index in [0.717, 1.165) is 10.0 Å². The lowest BCUT2D eigenvalue weighted by Gasteiger charge is -2.36. The molecule has 4 nitrogen and oxygen atoms in total. The fraction of sp³-hybridized carbons (Fsp3) is 0.333. The average molecular weight is 297 g/mol. The molecule has 0 saturated carbocycles. The van der Waals surface area contributed by atoms with E-state index in [2.05, 4.69) is 15.9 Å². The molecule has 1 atom stereocenters. The first-order valence-corrected chi connectivity index (χ1v) is 6.06. The molecule has 90 valence electrons. The van der Waals surface area contributed by atoms with E-state index in [1.165, 1.54) is 9.80 Å². The lowest BCUT2D eigenvalue weighted by molar-refractivity contribution is -0.153. The molecule has 1 aromatic carbocycles. The summed E-state index contributed by atoms with van der Waals surface area (Å²) >= 11 is 3.37. The number of carbonyl (C=O) groups excluding carboxylic acids is 2. The minimum atomic E-state index is -0.515. The summed E-state index contributed by atoms with van der Waals surface area (Å²) in [4.78, 5) is 26.8. The number of rotatable bonds is 1. The van der Waals surface area contributed by atoms with E-state index in [9.17, 15) is 9.59 Å². The first kappa shape index (κ1) is 12.1. The molecule has 1 aromatic rings. The number of piperazine rings is 1. The van der Waals surface area contributed by atoms with Gasteiger partial charge in [0, 0.05) is 18.6 Å². The van der Waals surface area contributed by atoms with Crippen molar-refractivity contribution in [1.29, 1.82) is 0 Å². The Bertz CT molecular complexity index is 475. The number of hydrogen-bond donors (Lipinski definition) is 0. The summed E-state index contributed by atoms with van der Waals surface area (Å²) in [6.07, 6.45) is 0. The maximum Gasteiger partial charge on any atom is 0.250 e. The average Bonchev–Trinajstić information content (AvgIpc) is 2.27. The number of nitrogens with zero attached hydrogens (tertiary/aromatic N) is 2. The molecular weight excluding hydrogens is 284 g/mol. The zero-order chi connectivity index (χ0) is 12.6. The number of hydrogen-bond acceptors (Lipinski definition) is 2. The van der Waals surface area contributed by atoms with E-state index >= 15 is 0 Å². The van der Waals surface area contributed by atoms with Crippen LogP contribution in [-0.4, -0.2) is 42.3 Å². The molecule has 1 saturated heterocycles. The largest absolute Gasteiger partial charge is 0.334 e. The molecule has 0 spiro atoms. The Morgan fingerprint density at radius 3 is 2.65 bits per heavy atom. The van der Waals surface area contributed by atoms with Gasteiger partial charge in [0.05, 0.1) is 6.54 Å². The minimum Gasteiger partial charge on any atom is -0.334 e. The second kappa shape index (κ2) is 4.49. The molecule has 1 aliphatic rings. The van der Waals surface area contributed by atoms with Gasteiger partial charge < -0.3 is 9.80 Å². The first-order valence-electron chi connectivity index (χ1n) is 5.27. The van der Waals surface area contributed by atoms with Crippen LogP contribution in [0.4, 0.5) is 0 Å². The van der Waals surface area contributed by atoms with Crippen molar-refractivity contribution in [3.8, 4) is 0 Å². The molecule has 0 aromatic heterocycles. The predicted molar refractivity (Wildman–Crippen MR) is 67.3 cm³/mol. The zero-order valence-electron chi connectivity index (χ0n) is 9.68. The van der Waals surface area contributed by atoms with E-state index in [4.69, 9.17) is 0 Å². The lowest BCUT2D eigenvalue weighted by Crippen LogP contribution is -2.52. The number of amides is 2.